The number of ether oxygens (including phenoxy) is 2. The van der Waals surface area contributed by atoms with Gasteiger partial charge in [-0.1, -0.05) is 46.0 Å². The predicted octanol–water partition coefficient (Wildman–Crippen LogP) is 4.22. The summed E-state index contributed by atoms with van der Waals surface area (Å²) in [4.78, 5) is 25.0. The summed E-state index contributed by atoms with van der Waals surface area (Å²) in [5.41, 5.74) is 0. The molecule has 0 aliphatic heterocycles. The molecule has 0 spiro atoms. The number of amides is 1. The highest BCUT2D eigenvalue weighted by Crippen LogP contribution is 2.07. The van der Waals surface area contributed by atoms with Crippen molar-refractivity contribution >= 4 is 23.7 Å². The number of hydrogen-bond acceptors (Lipinski definition) is 4. The van der Waals surface area contributed by atoms with Crippen LogP contribution in [0.2, 0.25) is 0 Å². The molecule has 0 bridgehead atoms. The SMILES string of the molecule is CCCCCCCCOC(=O)C(C)N(C)C(=O)OCC(C)CCl. The van der Waals surface area contributed by atoms with Gasteiger partial charge in [0, 0.05) is 18.8 Å². The molecule has 2 unspecified atom stereocenters. The zero-order valence-electron chi connectivity index (χ0n) is 15.0. The quantitative estimate of drug-likeness (QED) is 0.300. The molecule has 0 saturated carbocycles. The highest BCUT2D eigenvalue weighted by Gasteiger charge is 2.25. The minimum absolute atomic E-state index is 0.0870. The van der Waals surface area contributed by atoms with Gasteiger partial charge in [0.2, 0.25) is 0 Å². The normalized spacial score (nSPS) is 13.3. The van der Waals surface area contributed by atoms with Crippen molar-refractivity contribution in [1.82, 2.24) is 4.90 Å². The molecule has 0 aliphatic rings. The standard InChI is InChI=1S/C17H32ClNO4/c1-5-6-7-8-9-10-11-22-16(20)15(3)19(4)17(21)23-13-14(2)12-18/h14-15H,5-13H2,1-4H3. The van der Waals surface area contributed by atoms with Gasteiger partial charge in [-0.15, -0.1) is 11.6 Å². The second-order valence-electron chi connectivity index (χ2n) is 6.06. The minimum atomic E-state index is -0.658. The molecule has 2 atom stereocenters. The van der Waals surface area contributed by atoms with Gasteiger partial charge in [-0.25, -0.2) is 9.59 Å². The maximum absolute atomic E-state index is 11.9. The van der Waals surface area contributed by atoms with Crippen LogP contribution in [0.4, 0.5) is 4.79 Å². The van der Waals surface area contributed by atoms with Crippen molar-refractivity contribution in [2.45, 2.75) is 65.3 Å². The summed E-state index contributed by atoms with van der Waals surface area (Å²) in [5, 5.41) is 0. The molecule has 0 aliphatic carbocycles. The molecule has 0 heterocycles. The second-order valence-corrected chi connectivity index (χ2v) is 6.37. The molecule has 0 aromatic rings. The smallest absolute Gasteiger partial charge is 0.410 e. The molecule has 0 rings (SSSR count). The van der Waals surface area contributed by atoms with Crippen LogP contribution in [0.3, 0.4) is 0 Å². The van der Waals surface area contributed by atoms with Gasteiger partial charge in [0.15, 0.2) is 0 Å². The van der Waals surface area contributed by atoms with E-state index in [0.29, 0.717) is 12.5 Å². The third kappa shape index (κ3) is 10.4. The van der Waals surface area contributed by atoms with Crippen LogP contribution < -0.4 is 0 Å². The van der Waals surface area contributed by atoms with Crippen molar-refractivity contribution in [1.29, 1.82) is 0 Å². The lowest BCUT2D eigenvalue weighted by atomic mass is 10.1. The Kier molecular flexibility index (Phi) is 12.9. The highest BCUT2D eigenvalue weighted by atomic mass is 35.5. The molecule has 6 heteroatoms. The van der Waals surface area contributed by atoms with Crippen LogP contribution in [0.15, 0.2) is 0 Å². The number of unbranched alkanes of at least 4 members (excludes halogenated alkanes) is 5. The van der Waals surface area contributed by atoms with E-state index in [-0.39, 0.29) is 12.5 Å². The molecule has 0 fully saturated rings. The van der Waals surface area contributed by atoms with Crippen molar-refractivity contribution < 1.29 is 19.1 Å². The third-order valence-electron chi connectivity index (χ3n) is 3.71. The predicted molar refractivity (Wildman–Crippen MR) is 92.8 cm³/mol. The lowest BCUT2D eigenvalue weighted by molar-refractivity contribution is -0.148. The van der Waals surface area contributed by atoms with Crippen LogP contribution in [0.25, 0.3) is 0 Å². The van der Waals surface area contributed by atoms with Crippen LogP contribution in [-0.2, 0) is 14.3 Å². The minimum Gasteiger partial charge on any atom is -0.464 e. The first-order valence-electron chi connectivity index (χ1n) is 8.56. The lowest BCUT2D eigenvalue weighted by Crippen LogP contribution is -2.42. The molecule has 0 N–H and O–H groups in total. The molecule has 23 heavy (non-hydrogen) atoms. The second kappa shape index (κ2) is 13.5. The Bertz CT molecular complexity index is 339. The van der Waals surface area contributed by atoms with Crippen LogP contribution in [0.1, 0.15) is 59.3 Å². The fraction of sp³-hybridized carbons (Fsp3) is 0.882. The van der Waals surface area contributed by atoms with Gasteiger partial charge in [0.1, 0.15) is 6.04 Å². The van der Waals surface area contributed by atoms with E-state index in [1.165, 1.54) is 37.6 Å². The first-order chi connectivity index (χ1) is 10.9. The number of halogens is 1. The Hall–Kier alpha value is -0.970. The fourth-order valence-electron chi connectivity index (χ4n) is 1.85. The number of rotatable bonds is 12. The number of esters is 1. The topological polar surface area (TPSA) is 55.8 Å². The zero-order valence-corrected chi connectivity index (χ0v) is 15.7. The molecular formula is C17H32ClNO4. The average molecular weight is 350 g/mol. The van der Waals surface area contributed by atoms with E-state index >= 15 is 0 Å². The summed E-state index contributed by atoms with van der Waals surface area (Å²) in [6.45, 7) is 6.35. The van der Waals surface area contributed by atoms with Crippen molar-refractivity contribution in [3.63, 3.8) is 0 Å². The summed E-state index contributed by atoms with van der Waals surface area (Å²) in [6, 6.07) is -0.658. The summed E-state index contributed by atoms with van der Waals surface area (Å²) < 4.78 is 10.3. The molecule has 0 radical (unpaired) electrons. The third-order valence-corrected chi connectivity index (χ3v) is 4.23. The van der Waals surface area contributed by atoms with Crippen molar-refractivity contribution in [2.24, 2.45) is 5.92 Å². The van der Waals surface area contributed by atoms with E-state index in [1.54, 1.807) is 6.92 Å². The Morgan fingerprint density at radius 2 is 1.65 bits per heavy atom. The molecule has 5 nitrogen and oxygen atoms in total. The number of hydrogen-bond donors (Lipinski definition) is 0. The van der Waals surface area contributed by atoms with Gasteiger partial charge >= 0.3 is 12.1 Å². The monoisotopic (exact) mass is 349 g/mol. The van der Waals surface area contributed by atoms with Gasteiger partial charge in [-0.2, -0.15) is 0 Å². The largest absolute Gasteiger partial charge is 0.464 e. The molecule has 0 aromatic carbocycles. The van der Waals surface area contributed by atoms with Crippen LogP contribution >= 0.6 is 11.6 Å². The summed E-state index contributed by atoms with van der Waals surface area (Å²) in [6.07, 6.45) is 6.28. The fourth-order valence-corrected chi connectivity index (χ4v) is 1.94. The first kappa shape index (κ1) is 22.0. The molecule has 0 aromatic heterocycles. The van der Waals surface area contributed by atoms with Gasteiger partial charge in [0.25, 0.3) is 0 Å². The van der Waals surface area contributed by atoms with Crippen LogP contribution in [0.5, 0.6) is 0 Å². The average Bonchev–Trinajstić information content (AvgIpc) is 2.56. The Labute approximate surface area is 145 Å². The van der Waals surface area contributed by atoms with Crippen LogP contribution in [-0.4, -0.2) is 49.1 Å². The van der Waals surface area contributed by atoms with E-state index in [4.69, 9.17) is 21.1 Å². The maximum atomic E-state index is 11.9. The highest BCUT2D eigenvalue weighted by molar-refractivity contribution is 6.18. The van der Waals surface area contributed by atoms with E-state index < -0.39 is 18.1 Å². The molecule has 0 saturated heterocycles. The van der Waals surface area contributed by atoms with E-state index in [2.05, 4.69) is 6.92 Å². The maximum Gasteiger partial charge on any atom is 0.410 e. The number of carbonyl (C=O) groups excluding carboxylic acids is 2. The number of likely N-dealkylation sites (N-methyl/N-ethyl adjacent to an activating group) is 1. The first-order valence-corrected chi connectivity index (χ1v) is 9.09. The summed E-state index contributed by atoms with van der Waals surface area (Å²) in [7, 11) is 1.53. The lowest BCUT2D eigenvalue weighted by Gasteiger charge is -2.23. The van der Waals surface area contributed by atoms with E-state index in [9.17, 15) is 9.59 Å². The van der Waals surface area contributed by atoms with Crippen molar-refractivity contribution in [3.05, 3.63) is 0 Å². The molecular weight excluding hydrogens is 318 g/mol. The number of alkyl halides is 1. The van der Waals surface area contributed by atoms with E-state index in [1.807, 2.05) is 6.92 Å². The Morgan fingerprint density at radius 1 is 1.04 bits per heavy atom. The van der Waals surface area contributed by atoms with Crippen LogP contribution in [0, 0.1) is 5.92 Å². The van der Waals surface area contributed by atoms with Gasteiger partial charge in [0.05, 0.1) is 13.2 Å². The number of carbonyl (C=O) groups is 2. The number of nitrogens with zero attached hydrogens (tertiary/aromatic N) is 1. The Balaban J connectivity index is 3.91. The van der Waals surface area contributed by atoms with Gasteiger partial charge in [-0.3, -0.25) is 4.90 Å². The van der Waals surface area contributed by atoms with Crippen molar-refractivity contribution in [2.75, 3.05) is 26.1 Å². The molecule has 1 amide bonds. The van der Waals surface area contributed by atoms with Gasteiger partial charge < -0.3 is 9.47 Å². The zero-order chi connectivity index (χ0) is 17.7. The van der Waals surface area contributed by atoms with Gasteiger partial charge in [-0.05, 0) is 13.3 Å². The van der Waals surface area contributed by atoms with E-state index in [0.717, 1.165) is 12.8 Å². The summed E-state index contributed by atoms with van der Waals surface area (Å²) in [5.74, 6) is 0.111. The van der Waals surface area contributed by atoms with Crippen molar-refractivity contribution in [3.8, 4) is 0 Å². The Morgan fingerprint density at radius 3 is 2.26 bits per heavy atom. The summed E-state index contributed by atoms with van der Waals surface area (Å²) >= 11 is 5.66. The molecule has 136 valence electrons.